The molecule has 4 aromatic rings. The molecule has 0 saturated carbocycles. The molecule has 4 nitrogen and oxygen atoms in total. The van der Waals surface area contributed by atoms with Crippen LogP contribution in [0.4, 0.5) is 13.2 Å². The van der Waals surface area contributed by atoms with Gasteiger partial charge in [-0.05, 0) is 45.8 Å². The highest BCUT2D eigenvalue weighted by Crippen LogP contribution is 2.45. The minimum absolute atomic E-state index is 0.0978. The van der Waals surface area contributed by atoms with Gasteiger partial charge in [-0.15, -0.1) is 0 Å². The van der Waals surface area contributed by atoms with E-state index in [1.54, 1.807) is 18.2 Å². The number of ether oxygens (including phenoxy) is 1. The van der Waals surface area contributed by atoms with Crippen LogP contribution in [-0.4, -0.2) is 22.6 Å². The van der Waals surface area contributed by atoms with Gasteiger partial charge in [0.15, 0.2) is 0 Å². The Morgan fingerprint density at radius 3 is 2.13 bits per heavy atom. The monoisotopic (exact) mass is 446 g/mol. The van der Waals surface area contributed by atoms with E-state index in [2.05, 4.69) is 0 Å². The molecule has 0 aliphatic carbocycles. The molecule has 0 spiro atoms. The minimum Gasteiger partial charge on any atom is -0.496 e. The fourth-order valence-electron chi connectivity index (χ4n) is 3.72. The van der Waals surface area contributed by atoms with Crippen LogP contribution in [0.3, 0.4) is 0 Å². The molecule has 4 rings (SSSR count). The average molecular weight is 446 g/mol. The summed E-state index contributed by atoms with van der Waals surface area (Å²) in [6, 6.07) is 16.6. The molecule has 4 aromatic carbocycles. The summed E-state index contributed by atoms with van der Waals surface area (Å²) < 4.78 is 75.5. The van der Waals surface area contributed by atoms with Crippen molar-refractivity contribution in [1.29, 1.82) is 0 Å². The summed E-state index contributed by atoms with van der Waals surface area (Å²) in [7, 11) is -1.65. The standard InChI is InChI=1S/C23H17F3O4S/c1-29-19-11-7-15-13-16(23(24,25)26)9-10-18(15)21(19)22-17-6-4-3-5-14(17)8-12-20(22)31(27,28)30-2/h3-13H,1-2H3. The molecule has 0 N–H and O–H groups in total. The van der Waals surface area contributed by atoms with Gasteiger partial charge in [-0.3, -0.25) is 4.18 Å². The summed E-state index contributed by atoms with van der Waals surface area (Å²) in [4.78, 5) is -0.0978. The Morgan fingerprint density at radius 2 is 1.45 bits per heavy atom. The van der Waals surface area contributed by atoms with Gasteiger partial charge in [0.25, 0.3) is 10.1 Å². The lowest BCUT2D eigenvalue weighted by Gasteiger charge is -2.18. The van der Waals surface area contributed by atoms with Crippen molar-refractivity contribution >= 4 is 31.7 Å². The highest BCUT2D eigenvalue weighted by Gasteiger charge is 2.31. The van der Waals surface area contributed by atoms with E-state index in [1.165, 1.54) is 31.4 Å². The fraction of sp³-hybridized carbons (Fsp3) is 0.130. The zero-order chi connectivity index (χ0) is 22.4. The van der Waals surface area contributed by atoms with E-state index in [1.807, 2.05) is 12.1 Å². The number of methoxy groups -OCH3 is 1. The molecule has 31 heavy (non-hydrogen) atoms. The zero-order valence-electron chi connectivity index (χ0n) is 16.5. The first kappa shape index (κ1) is 21.1. The third kappa shape index (κ3) is 3.62. The number of hydrogen-bond acceptors (Lipinski definition) is 4. The summed E-state index contributed by atoms with van der Waals surface area (Å²) in [5, 5.41) is 2.10. The van der Waals surface area contributed by atoms with Crippen LogP contribution < -0.4 is 4.74 Å². The lowest BCUT2D eigenvalue weighted by atomic mass is 9.92. The maximum atomic E-state index is 13.2. The molecule has 0 saturated heterocycles. The predicted octanol–water partition coefficient (Wildman–Crippen LogP) is 6.02. The lowest BCUT2D eigenvalue weighted by Crippen LogP contribution is -2.07. The average Bonchev–Trinajstić information content (AvgIpc) is 2.76. The van der Waals surface area contributed by atoms with Gasteiger partial charge in [0.2, 0.25) is 0 Å². The summed E-state index contributed by atoms with van der Waals surface area (Å²) in [5.74, 6) is 0.330. The van der Waals surface area contributed by atoms with Crippen LogP contribution in [0, 0.1) is 0 Å². The number of alkyl halides is 3. The zero-order valence-corrected chi connectivity index (χ0v) is 17.3. The number of hydrogen-bond donors (Lipinski definition) is 0. The van der Waals surface area contributed by atoms with Crippen molar-refractivity contribution in [3.8, 4) is 16.9 Å². The molecule has 160 valence electrons. The van der Waals surface area contributed by atoms with Gasteiger partial charge in [0.1, 0.15) is 10.6 Å². The molecule has 0 atom stereocenters. The third-order valence-corrected chi connectivity index (χ3v) is 6.48. The quantitative estimate of drug-likeness (QED) is 0.360. The van der Waals surface area contributed by atoms with Gasteiger partial charge >= 0.3 is 6.18 Å². The van der Waals surface area contributed by atoms with Gasteiger partial charge in [-0.2, -0.15) is 21.6 Å². The molecule has 0 aromatic heterocycles. The highest BCUT2D eigenvalue weighted by atomic mass is 32.2. The van der Waals surface area contributed by atoms with Gasteiger partial charge in [-0.1, -0.05) is 42.5 Å². The molecule has 8 heteroatoms. The predicted molar refractivity (Wildman–Crippen MR) is 113 cm³/mol. The van der Waals surface area contributed by atoms with Crippen LogP contribution in [0.2, 0.25) is 0 Å². The topological polar surface area (TPSA) is 52.6 Å². The minimum atomic E-state index is -4.50. The van der Waals surface area contributed by atoms with Crippen LogP contribution in [0.15, 0.2) is 71.6 Å². The summed E-state index contributed by atoms with van der Waals surface area (Å²) in [5.41, 5.74) is -0.109. The fourth-order valence-corrected chi connectivity index (χ4v) is 4.60. The Kier molecular flexibility index (Phi) is 5.15. The first-order chi connectivity index (χ1) is 14.7. The van der Waals surface area contributed by atoms with Crippen molar-refractivity contribution in [3.63, 3.8) is 0 Å². The lowest BCUT2D eigenvalue weighted by molar-refractivity contribution is -0.137. The van der Waals surface area contributed by atoms with Crippen molar-refractivity contribution in [2.24, 2.45) is 0 Å². The number of rotatable bonds is 4. The number of fused-ring (bicyclic) bond motifs is 2. The van der Waals surface area contributed by atoms with E-state index in [9.17, 15) is 21.6 Å². The molecular weight excluding hydrogens is 429 g/mol. The van der Waals surface area contributed by atoms with E-state index in [-0.39, 0.29) is 4.90 Å². The second-order valence-electron chi connectivity index (χ2n) is 6.86. The van der Waals surface area contributed by atoms with Crippen molar-refractivity contribution in [1.82, 2.24) is 0 Å². The second kappa shape index (κ2) is 7.55. The van der Waals surface area contributed by atoms with Crippen molar-refractivity contribution in [2.75, 3.05) is 14.2 Å². The summed E-state index contributed by atoms with van der Waals surface area (Å²) >= 11 is 0. The van der Waals surface area contributed by atoms with Crippen molar-refractivity contribution in [3.05, 3.63) is 72.3 Å². The first-order valence-corrected chi connectivity index (χ1v) is 10.6. The van der Waals surface area contributed by atoms with Crippen molar-refractivity contribution in [2.45, 2.75) is 11.1 Å². The number of halogens is 3. The van der Waals surface area contributed by atoms with Gasteiger partial charge in [0, 0.05) is 11.1 Å². The second-order valence-corrected chi connectivity index (χ2v) is 8.54. The molecule has 0 bridgehead atoms. The molecule has 0 radical (unpaired) electrons. The first-order valence-electron chi connectivity index (χ1n) is 9.18. The molecule has 0 aliphatic heterocycles. The van der Waals surface area contributed by atoms with E-state index >= 15 is 0 Å². The third-order valence-electron chi connectivity index (χ3n) is 5.16. The maximum Gasteiger partial charge on any atom is 0.416 e. The Labute approximate surface area is 177 Å². The van der Waals surface area contributed by atoms with Crippen LogP contribution in [0.5, 0.6) is 5.75 Å². The molecule has 0 heterocycles. The summed E-state index contributed by atoms with van der Waals surface area (Å²) in [6.45, 7) is 0. The van der Waals surface area contributed by atoms with E-state index in [4.69, 9.17) is 8.92 Å². The Bertz CT molecular complexity index is 1410. The summed E-state index contributed by atoms with van der Waals surface area (Å²) in [6.07, 6.45) is -4.50. The Hall–Kier alpha value is -3.10. The smallest absolute Gasteiger partial charge is 0.416 e. The van der Waals surface area contributed by atoms with Gasteiger partial charge in [-0.25, -0.2) is 0 Å². The van der Waals surface area contributed by atoms with Crippen molar-refractivity contribution < 1.29 is 30.5 Å². The SMILES string of the molecule is COc1ccc2cc(C(F)(F)F)ccc2c1-c1c(S(=O)(=O)OC)ccc2ccccc12. The maximum absolute atomic E-state index is 13.2. The van der Waals surface area contributed by atoms with Crippen LogP contribution >= 0.6 is 0 Å². The van der Waals surface area contributed by atoms with Gasteiger partial charge in [0.05, 0.1) is 19.8 Å². The molecule has 0 unspecified atom stereocenters. The van der Waals surface area contributed by atoms with Gasteiger partial charge < -0.3 is 4.74 Å². The molecule has 0 aliphatic rings. The van der Waals surface area contributed by atoms with Crippen LogP contribution in [0.25, 0.3) is 32.7 Å². The van der Waals surface area contributed by atoms with Crippen LogP contribution in [-0.2, 0) is 20.5 Å². The Balaban J connectivity index is 2.19. The van der Waals surface area contributed by atoms with E-state index in [0.717, 1.165) is 24.6 Å². The van der Waals surface area contributed by atoms with E-state index < -0.39 is 21.9 Å². The molecular formula is C23H17F3O4S. The van der Waals surface area contributed by atoms with E-state index in [0.29, 0.717) is 33.0 Å². The van der Waals surface area contributed by atoms with Crippen LogP contribution in [0.1, 0.15) is 5.56 Å². The molecule has 0 amide bonds. The Morgan fingerprint density at radius 1 is 0.774 bits per heavy atom. The largest absolute Gasteiger partial charge is 0.496 e. The molecule has 0 fully saturated rings. The number of benzene rings is 4. The highest BCUT2D eigenvalue weighted by molar-refractivity contribution is 7.87. The normalized spacial score (nSPS) is 12.4.